The first-order chi connectivity index (χ1) is 7.67. The third-order valence-corrected chi connectivity index (χ3v) is 2.31. The molecule has 0 fully saturated rings. The van der Waals surface area contributed by atoms with Gasteiger partial charge < -0.3 is 4.74 Å². The molecule has 0 bridgehead atoms. The van der Waals surface area contributed by atoms with Crippen LogP contribution in [0.4, 0.5) is 0 Å². The molecule has 1 rings (SSSR count). The molecule has 0 heterocycles. The van der Waals surface area contributed by atoms with Crippen molar-refractivity contribution >= 4 is 5.97 Å². The molecule has 0 aliphatic rings. The first-order valence-electron chi connectivity index (χ1n) is 5.33. The lowest BCUT2D eigenvalue weighted by molar-refractivity contribution is -0.147. The molecule has 1 aromatic carbocycles. The number of carbonyl (C=O) groups is 1. The molecule has 16 heavy (non-hydrogen) atoms. The molecule has 0 aliphatic carbocycles. The smallest absolute Gasteiger partial charge is 0.308 e. The van der Waals surface area contributed by atoms with E-state index in [1.807, 2.05) is 19.1 Å². The van der Waals surface area contributed by atoms with Crippen molar-refractivity contribution in [3.63, 3.8) is 0 Å². The predicted octanol–water partition coefficient (Wildman–Crippen LogP) is 2.30. The minimum atomic E-state index is -0.174. The molecule has 0 radical (unpaired) electrons. The largest absolute Gasteiger partial charge is 0.466 e. The second-order valence-corrected chi connectivity index (χ2v) is 3.67. The van der Waals surface area contributed by atoms with Crippen molar-refractivity contribution in [1.82, 2.24) is 0 Å². The van der Waals surface area contributed by atoms with Crippen LogP contribution >= 0.6 is 0 Å². The van der Waals surface area contributed by atoms with Crippen LogP contribution in [0.1, 0.15) is 25.0 Å². The van der Waals surface area contributed by atoms with Gasteiger partial charge in [-0.1, -0.05) is 19.1 Å². The van der Waals surface area contributed by atoms with Crippen LogP contribution in [0.3, 0.4) is 0 Å². The lowest BCUT2D eigenvalue weighted by atomic mass is 10.0. The van der Waals surface area contributed by atoms with Gasteiger partial charge >= 0.3 is 5.97 Å². The molecule has 0 spiro atoms. The fraction of sp³-hybridized carbons (Fsp3) is 0.385. The van der Waals surface area contributed by atoms with Gasteiger partial charge in [0.05, 0.1) is 24.2 Å². The lowest BCUT2D eigenvalue weighted by Gasteiger charge is -2.10. The molecule has 84 valence electrons. The maximum Gasteiger partial charge on any atom is 0.308 e. The average molecular weight is 217 g/mol. The number of esters is 1. The van der Waals surface area contributed by atoms with Crippen LogP contribution in [-0.4, -0.2) is 12.6 Å². The third-order valence-electron chi connectivity index (χ3n) is 2.31. The van der Waals surface area contributed by atoms with Crippen LogP contribution in [-0.2, 0) is 16.0 Å². The van der Waals surface area contributed by atoms with Crippen molar-refractivity contribution in [3.8, 4) is 6.07 Å². The Labute approximate surface area is 95.7 Å². The minimum absolute atomic E-state index is 0.145. The molecule has 0 N–H and O–H groups in total. The van der Waals surface area contributed by atoms with E-state index in [1.165, 1.54) is 0 Å². The highest BCUT2D eigenvalue weighted by atomic mass is 16.5. The highest BCUT2D eigenvalue weighted by molar-refractivity contribution is 5.72. The van der Waals surface area contributed by atoms with Crippen molar-refractivity contribution in [2.45, 2.75) is 20.3 Å². The van der Waals surface area contributed by atoms with Crippen molar-refractivity contribution in [3.05, 3.63) is 35.4 Å². The topological polar surface area (TPSA) is 50.1 Å². The van der Waals surface area contributed by atoms with E-state index in [1.54, 1.807) is 19.1 Å². The van der Waals surface area contributed by atoms with Gasteiger partial charge in [0.1, 0.15) is 0 Å². The number of hydrogen-bond donors (Lipinski definition) is 0. The molecule has 0 amide bonds. The minimum Gasteiger partial charge on any atom is -0.466 e. The van der Waals surface area contributed by atoms with Gasteiger partial charge in [0.15, 0.2) is 0 Å². The van der Waals surface area contributed by atoms with E-state index in [4.69, 9.17) is 10.00 Å². The standard InChI is InChI=1S/C13H15NO2/c1-3-16-13(15)10(2)8-11-4-6-12(9-14)7-5-11/h4-7,10H,3,8H2,1-2H3/t10-/m0/s1. The maximum atomic E-state index is 11.4. The Morgan fingerprint density at radius 1 is 1.44 bits per heavy atom. The average Bonchev–Trinajstić information content (AvgIpc) is 2.30. The first kappa shape index (κ1) is 12.3. The monoisotopic (exact) mass is 217 g/mol. The van der Waals surface area contributed by atoms with Crippen molar-refractivity contribution in [2.75, 3.05) is 6.61 Å². The highest BCUT2D eigenvalue weighted by Gasteiger charge is 2.14. The summed E-state index contributed by atoms with van der Waals surface area (Å²) in [6.07, 6.45) is 0.643. The summed E-state index contributed by atoms with van der Waals surface area (Å²) in [6, 6.07) is 9.31. The van der Waals surface area contributed by atoms with Crippen LogP contribution in [0.5, 0.6) is 0 Å². The number of nitrogens with zero attached hydrogens (tertiary/aromatic N) is 1. The summed E-state index contributed by atoms with van der Waals surface area (Å²) in [7, 11) is 0. The van der Waals surface area contributed by atoms with Gasteiger partial charge in [-0.2, -0.15) is 5.26 Å². The molecule has 3 heteroatoms. The van der Waals surface area contributed by atoms with E-state index in [9.17, 15) is 4.79 Å². The van der Waals surface area contributed by atoms with E-state index in [-0.39, 0.29) is 11.9 Å². The summed E-state index contributed by atoms with van der Waals surface area (Å²) < 4.78 is 4.93. The van der Waals surface area contributed by atoms with Gasteiger partial charge in [0.2, 0.25) is 0 Å². The first-order valence-corrected chi connectivity index (χ1v) is 5.33. The highest BCUT2D eigenvalue weighted by Crippen LogP contribution is 2.11. The van der Waals surface area contributed by atoms with E-state index in [0.717, 1.165) is 5.56 Å². The summed E-state index contributed by atoms with van der Waals surface area (Å²) in [6.45, 7) is 4.05. The molecule has 1 atom stereocenters. The molecule has 1 aromatic rings. The van der Waals surface area contributed by atoms with Crippen LogP contribution in [0.15, 0.2) is 24.3 Å². The van der Waals surface area contributed by atoms with E-state index >= 15 is 0 Å². The second kappa shape index (κ2) is 5.92. The fourth-order valence-electron chi connectivity index (χ4n) is 1.44. The van der Waals surface area contributed by atoms with E-state index < -0.39 is 0 Å². The summed E-state index contributed by atoms with van der Waals surface area (Å²) >= 11 is 0. The van der Waals surface area contributed by atoms with Gasteiger partial charge in [-0.3, -0.25) is 4.79 Å². The zero-order valence-electron chi connectivity index (χ0n) is 9.56. The molecule has 0 saturated heterocycles. The number of hydrogen-bond acceptors (Lipinski definition) is 3. The Kier molecular flexibility index (Phi) is 4.53. The summed E-state index contributed by atoms with van der Waals surface area (Å²) in [5.74, 6) is -0.320. The molecule has 3 nitrogen and oxygen atoms in total. The third kappa shape index (κ3) is 3.39. The number of benzene rings is 1. The summed E-state index contributed by atoms with van der Waals surface area (Å²) in [5.41, 5.74) is 1.67. The van der Waals surface area contributed by atoms with Crippen molar-refractivity contribution < 1.29 is 9.53 Å². The zero-order valence-corrected chi connectivity index (χ0v) is 9.56. The van der Waals surface area contributed by atoms with Gasteiger partial charge in [-0.25, -0.2) is 0 Å². The van der Waals surface area contributed by atoms with E-state index in [0.29, 0.717) is 18.6 Å². The Balaban J connectivity index is 2.59. The Morgan fingerprint density at radius 2 is 2.06 bits per heavy atom. The van der Waals surface area contributed by atoms with Crippen LogP contribution in [0.25, 0.3) is 0 Å². The number of ether oxygens (including phenoxy) is 1. The van der Waals surface area contributed by atoms with Gasteiger partial charge in [-0.05, 0) is 31.0 Å². The SMILES string of the molecule is CCOC(=O)[C@@H](C)Cc1ccc(C#N)cc1. The van der Waals surface area contributed by atoms with Crippen LogP contribution in [0, 0.1) is 17.2 Å². The molecule has 0 saturated carbocycles. The van der Waals surface area contributed by atoms with Crippen LogP contribution < -0.4 is 0 Å². The quantitative estimate of drug-likeness (QED) is 0.727. The van der Waals surface area contributed by atoms with Crippen molar-refractivity contribution in [1.29, 1.82) is 5.26 Å². The normalized spacial score (nSPS) is 11.6. The Hall–Kier alpha value is -1.82. The maximum absolute atomic E-state index is 11.4. The van der Waals surface area contributed by atoms with Gasteiger partial charge in [0, 0.05) is 0 Å². The fourth-order valence-corrected chi connectivity index (χ4v) is 1.44. The lowest BCUT2D eigenvalue weighted by Crippen LogP contribution is -2.16. The summed E-state index contributed by atoms with van der Waals surface area (Å²) in [4.78, 5) is 11.4. The molecule has 0 aromatic heterocycles. The van der Waals surface area contributed by atoms with Gasteiger partial charge in [-0.15, -0.1) is 0 Å². The van der Waals surface area contributed by atoms with Gasteiger partial charge in [0.25, 0.3) is 0 Å². The molecule has 0 aliphatic heterocycles. The number of nitriles is 1. The second-order valence-electron chi connectivity index (χ2n) is 3.67. The van der Waals surface area contributed by atoms with E-state index in [2.05, 4.69) is 6.07 Å². The van der Waals surface area contributed by atoms with Crippen LogP contribution in [0.2, 0.25) is 0 Å². The Bertz CT molecular complexity index is 389. The predicted molar refractivity (Wildman–Crippen MR) is 60.7 cm³/mol. The zero-order chi connectivity index (χ0) is 12.0. The Morgan fingerprint density at radius 3 is 2.56 bits per heavy atom. The molecule has 0 unspecified atom stereocenters. The molecular weight excluding hydrogens is 202 g/mol. The summed E-state index contributed by atoms with van der Waals surface area (Å²) in [5, 5.41) is 8.64. The van der Waals surface area contributed by atoms with Crippen molar-refractivity contribution in [2.24, 2.45) is 5.92 Å². The number of rotatable bonds is 4. The number of carbonyl (C=O) groups excluding carboxylic acids is 1. The molecular formula is C13H15NO2.